The molecule has 3 heterocycles. The van der Waals surface area contributed by atoms with Crippen molar-refractivity contribution in [3.8, 4) is 0 Å². The summed E-state index contributed by atoms with van der Waals surface area (Å²) in [5, 5.41) is 7.69. The highest BCUT2D eigenvalue weighted by molar-refractivity contribution is 7.07. The molecule has 1 unspecified atom stereocenters. The van der Waals surface area contributed by atoms with Crippen LogP contribution in [0.25, 0.3) is 0 Å². The minimum Gasteiger partial charge on any atom is -0.339 e. The summed E-state index contributed by atoms with van der Waals surface area (Å²) in [6.07, 6.45) is 2.41. The second kappa shape index (κ2) is 11.4. The average Bonchev–Trinajstić information content (AvgIpc) is 3.08. The number of nitrogens with zero attached hydrogens (tertiary/aromatic N) is 3. The van der Waals surface area contributed by atoms with Gasteiger partial charge in [0.2, 0.25) is 5.91 Å². The van der Waals surface area contributed by atoms with Crippen LogP contribution in [0.1, 0.15) is 18.4 Å². The number of likely N-dealkylation sites (N-methyl/N-ethyl adjacent to an activating group) is 1. The molecule has 0 saturated carbocycles. The van der Waals surface area contributed by atoms with Gasteiger partial charge in [-0.1, -0.05) is 0 Å². The van der Waals surface area contributed by atoms with E-state index in [0.717, 1.165) is 45.8 Å². The van der Waals surface area contributed by atoms with Gasteiger partial charge in [-0.3, -0.25) is 14.6 Å². The van der Waals surface area contributed by atoms with Gasteiger partial charge in [-0.05, 0) is 48.8 Å². The summed E-state index contributed by atoms with van der Waals surface area (Å²) in [5.74, 6) is 0.303. The zero-order valence-electron chi connectivity index (χ0n) is 14.9. The first kappa shape index (κ1) is 22.7. The normalized spacial score (nSPS) is 22.1. The number of rotatable bonds is 5. The number of carbonyl (C=O) groups excluding carboxylic acids is 1. The molecule has 0 spiro atoms. The Hall–Kier alpha value is -0.370. The van der Waals surface area contributed by atoms with Crippen molar-refractivity contribution in [1.82, 2.24) is 20.0 Å². The highest BCUT2D eigenvalue weighted by atomic mass is 35.5. The van der Waals surface area contributed by atoms with Crippen LogP contribution in [-0.4, -0.2) is 79.5 Å². The fourth-order valence-electron chi connectivity index (χ4n) is 3.52. The molecule has 3 rings (SSSR count). The minimum absolute atomic E-state index is 0. The molecule has 1 amide bonds. The SMILES string of the molecule is CNC1CCCN(CC(=O)N2CCN(Cc3ccsc3)CC2)C1.Cl.Cl. The zero-order valence-corrected chi connectivity index (χ0v) is 17.3. The molecule has 0 bridgehead atoms. The van der Waals surface area contributed by atoms with Crippen molar-refractivity contribution in [2.75, 3.05) is 52.9 Å². The lowest BCUT2D eigenvalue weighted by Crippen LogP contribution is -2.53. The van der Waals surface area contributed by atoms with Crippen LogP contribution in [0.3, 0.4) is 0 Å². The summed E-state index contributed by atoms with van der Waals surface area (Å²) in [6, 6.07) is 2.73. The fraction of sp³-hybridized carbons (Fsp3) is 0.706. The van der Waals surface area contributed by atoms with Crippen molar-refractivity contribution >= 4 is 42.1 Å². The van der Waals surface area contributed by atoms with Crippen LogP contribution in [0.15, 0.2) is 16.8 Å². The highest BCUT2D eigenvalue weighted by Crippen LogP contribution is 2.13. The maximum atomic E-state index is 12.5. The van der Waals surface area contributed by atoms with E-state index in [1.54, 1.807) is 11.3 Å². The molecule has 8 heteroatoms. The van der Waals surface area contributed by atoms with Crippen LogP contribution >= 0.6 is 36.2 Å². The summed E-state index contributed by atoms with van der Waals surface area (Å²) in [5.41, 5.74) is 1.39. The van der Waals surface area contributed by atoms with Gasteiger partial charge in [-0.15, -0.1) is 24.8 Å². The molecule has 25 heavy (non-hydrogen) atoms. The van der Waals surface area contributed by atoms with Gasteiger partial charge in [0.15, 0.2) is 0 Å². The first-order valence-corrected chi connectivity index (χ1v) is 9.59. The number of nitrogens with one attached hydrogen (secondary N) is 1. The number of carbonyl (C=O) groups is 1. The molecule has 2 saturated heterocycles. The number of hydrogen-bond donors (Lipinski definition) is 1. The van der Waals surface area contributed by atoms with Crippen molar-refractivity contribution < 1.29 is 4.79 Å². The van der Waals surface area contributed by atoms with Crippen molar-refractivity contribution in [1.29, 1.82) is 0 Å². The van der Waals surface area contributed by atoms with Crippen LogP contribution in [0, 0.1) is 0 Å². The first-order valence-electron chi connectivity index (χ1n) is 8.65. The standard InChI is InChI=1S/C17H28N4OS.2ClH/c1-18-16-3-2-5-20(12-16)13-17(22)21-8-6-19(7-9-21)11-15-4-10-23-14-15;;/h4,10,14,16,18H,2-3,5-9,11-13H2,1H3;2*1H. The Bertz CT molecular complexity index is 495. The molecule has 2 aliphatic heterocycles. The number of thiophene rings is 1. The van der Waals surface area contributed by atoms with E-state index < -0.39 is 0 Å². The number of amides is 1. The Morgan fingerprint density at radius 1 is 1.20 bits per heavy atom. The lowest BCUT2D eigenvalue weighted by atomic mass is 10.1. The highest BCUT2D eigenvalue weighted by Gasteiger charge is 2.25. The second-order valence-corrected chi connectivity index (χ2v) is 7.43. The molecule has 0 radical (unpaired) electrons. The second-order valence-electron chi connectivity index (χ2n) is 6.65. The van der Waals surface area contributed by atoms with E-state index in [-0.39, 0.29) is 24.8 Å². The number of hydrogen-bond acceptors (Lipinski definition) is 5. The predicted molar refractivity (Wildman–Crippen MR) is 109 cm³/mol. The molecule has 5 nitrogen and oxygen atoms in total. The summed E-state index contributed by atoms with van der Waals surface area (Å²) in [4.78, 5) is 19.3. The van der Waals surface area contributed by atoms with Gasteiger partial charge >= 0.3 is 0 Å². The van der Waals surface area contributed by atoms with E-state index in [2.05, 4.69) is 31.9 Å². The number of likely N-dealkylation sites (tertiary alicyclic amines) is 1. The van der Waals surface area contributed by atoms with Crippen molar-refractivity contribution in [3.05, 3.63) is 22.4 Å². The van der Waals surface area contributed by atoms with Gasteiger partial charge in [0.1, 0.15) is 0 Å². The number of piperazine rings is 1. The largest absolute Gasteiger partial charge is 0.339 e. The molecule has 1 aromatic rings. The van der Waals surface area contributed by atoms with E-state index in [9.17, 15) is 4.79 Å². The Balaban J connectivity index is 0.00000156. The van der Waals surface area contributed by atoms with Crippen LogP contribution < -0.4 is 5.32 Å². The third kappa shape index (κ3) is 6.70. The molecule has 1 atom stereocenters. The quantitative estimate of drug-likeness (QED) is 0.807. The van der Waals surface area contributed by atoms with E-state index in [1.165, 1.54) is 18.4 Å². The van der Waals surface area contributed by atoms with Crippen LogP contribution in [-0.2, 0) is 11.3 Å². The van der Waals surface area contributed by atoms with Crippen LogP contribution in [0.2, 0.25) is 0 Å². The summed E-state index contributed by atoms with van der Waals surface area (Å²) < 4.78 is 0. The third-order valence-corrected chi connectivity index (χ3v) is 5.72. The summed E-state index contributed by atoms with van der Waals surface area (Å²) >= 11 is 1.75. The fourth-order valence-corrected chi connectivity index (χ4v) is 4.18. The Morgan fingerprint density at radius 2 is 1.96 bits per heavy atom. The van der Waals surface area contributed by atoms with E-state index in [0.29, 0.717) is 18.5 Å². The van der Waals surface area contributed by atoms with Gasteiger partial charge in [-0.25, -0.2) is 0 Å². The maximum Gasteiger partial charge on any atom is 0.236 e. The van der Waals surface area contributed by atoms with Gasteiger partial charge < -0.3 is 10.2 Å². The predicted octanol–water partition coefficient (Wildman–Crippen LogP) is 1.92. The molecule has 0 aromatic carbocycles. The number of piperidine rings is 1. The van der Waals surface area contributed by atoms with E-state index in [4.69, 9.17) is 0 Å². The minimum atomic E-state index is 0. The molecule has 2 aliphatic rings. The number of halogens is 2. The Morgan fingerprint density at radius 3 is 2.60 bits per heavy atom. The average molecular weight is 409 g/mol. The first-order chi connectivity index (χ1) is 11.2. The van der Waals surface area contributed by atoms with Crippen LogP contribution in [0.4, 0.5) is 0 Å². The van der Waals surface area contributed by atoms with Crippen molar-refractivity contribution in [3.63, 3.8) is 0 Å². The van der Waals surface area contributed by atoms with Crippen molar-refractivity contribution in [2.45, 2.75) is 25.4 Å². The third-order valence-electron chi connectivity index (χ3n) is 4.98. The molecule has 1 aromatic heterocycles. The smallest absolute Gasteiger partial charge is 0.236 e. The molecular weight excluding hydrogens is 379 g/mol. The monoisotopic (exact) mass is 408 g/mol. The summed E-state index contributed by atoms with van der Waals surface area (Å²) in [7, 11) is 2.02. The van der Waals surface area contributed by atoms with E-state index >= 15 is 0 Å². The molecule has 0 aliphatic carbocycles. The van der Waals surface area contributed by atoms with Crippen molar-refractivity contribution in [2.24, 2.45) is 0 Å². The molecule has 2 fully saturated rings. The van der Waals surface area contributed by atoms with Gasteiger partial charge in [0.05, 0.1) is 6.54 Å². The molecular formula is C17H30Cl2N4OS. The maximum absolute atomic E-state index is 12.5. The molecule has 144 valence electrons. The Kier molecular flexibility index (Phi) is 10.3. The molecule has 1 N–H and O–H groups in total. The van der Waals surface area contributed by atoms with E-state index in [1.807, 2.05) is 11.9 Å². The van der Waals surface area contributed by atoms with Crippen LogP contribution in [0.5, 0.6) is 0 Å². The van der Waals surface area contributed by atoms with Gasteiger partial charge in [0.25, 0.3) is 0 Å². The lowest BCUT2D eigenvalue weighted by Gasteiger charge is -2.37. The topological polar surface area (TPSA) is 38.8 Å². The Labute approximate surface area is 167 Å². The summed E-state index contributed by atoms with van der Waals surface area (Å²) in [6.45, 7) is 7.37. The zero-order chi connectivity index (χ0) is 16.1. The van der Waals surface area contributed by atoms with Gasteiger partial charge in [-0.2, -0.15) is 11.3 Å². The van der Waals surface area contributed by atoms with Gasteiger partial charge in [0, 0.05) is 45.3 Å². The lowest BCUT2D eigenvalue weighted by molar-refractivity contribution is -0.134.